The summed E-state index contributed by atoms with van der Waals surface area (Å²) in [6.45, 7) is 0.578. The van der Waals surface area contributed by atoms with Crippen LogP contribution in [0.1, 0.15) is 31.2 Å². The molecule has 9 nitrogen and oxygen atoms in total. The van der Waals surface area contributed by atoms with Crippen LogP contribution in [0.5, 0.6) is 5.75 Å². The lowest BCUT2D eigenvalue weighted by molar-refractivity contribution is -0.138. The molecule has 5 rings (SSSR count). The molecule has 31 heavy (non-hydrogen) atoms. The monoisotopic (exact) mass is 419 g/mol. The molecule has 3 heterocycles. The summed E-state index contributed by atoms with van der Waals surface area (Å²) in [6.07, 6.45) is 2.65. The lowest BCUT2D eigenvalue weighted by atomic mass is 10.0. The number of hydrogen-bond donors (Lipinski definition) is 2. The SMILES string of the molecule is O=C(COc1ccccc1)N1CCCC[C@@H]1c1nc(-c2ccc3[nH]c(=O)[nH]c3c2)no1. The second-order valence-corrected chi connectivity index (χ2v) is 7.50. The summed E-state index contributed by atoms with van der Waals surface area (Å²) in [5.74, 6) is 1.37. The van der Waals surface area contributed by atoms with Gasteiger partial charge in [-0.2, -0.15) is 4.98 Å². The first kappa shape index (κ1) is 19.1. The number of carbonyl (C=O) groups is 1. The second kappa shape index (κ2) is 8.10. The van der Waals surface area contributed by atoms with Gasteiger partial charge in [0, 0.05) is 12.1 Å². The van der Waals surface area contributed by atoms with Crippen molar-refractivity contribution in [3.05, 3.63) is 64.9 Å². The Morgan fingerprint density at radius 3 is 2.84 bits per heavy atom. The average Bonchev–Trinajstić information content (AvgIpc) is 3.43. The zero-order chi connectivity index (χ0) is 21.2. The number of amides is 1. The maximum atomic E-state index is 12.9. The number of rotatable bonds is 5. The number of aromatic amines is 2. The van der Waals surface area contributed by atoms with Crippen molar-refractivity contribution in [1.29, 1.82) is 0 Å². The molecule has 1 amide bonds. The van der Waals surface area contributed by atoms with Gasteiger partial charge in [0.25, 0.3) is 5.91 Å². The van der Waals surface area contributed by atoms with Crippen LogP contribution < -0.4 is 10.4 Å². The fourth-order valence-corrected chi connectivity index (χ4v) is 3.89. The van der Waals surface area contributed by atoms with E-state index in [-0.39, 0.29) is 24.2 Å². The van der Waals surface area contributed by atoms with Crippen LogP contribution in [-0.4, -0.2) is 44.1 Å². The van der Waals surface area contributed by atoms with Crippen LogP contribution in [0.15, 0.2) is 57.8 Å². The third kappa shape index (κ3) is 3.94. The van der Waals surface area contributed by atoms with Crippen molar-refractivity contribution in [2.24, 2.45) is 0 Å². The molecule has 2 aromatic heterocycles. The Morgan fingerprint density at radius 1 is 1.13 bits per heavy atom. The minimum Gasteiger partial charge on any atom is -0.484 e. The van der Waals surface area contributed by atoms with Gasteiger partial charge in [0.05, 0.1) is 11.0 Å². The zero-order valence-electron chi connectivity index (χ0n) is 16.7. The van der Waals surface area contributed by atoms with E-state index in [1.54, 1.807) is 17.0 Å². The highest BCUT2D eigenvalue weighted by molar-refractivity contribution is 5.80. The van der Waals surface area contributed by atoms with E-state index in [1.807, 2.05) is 36.4 Å². The van der Waals surface area contributed by atoms with Gasteiger partial charge >= 0.3 is 5.69 Å². The van der Waals surface area contributed by atoms with E-state index in [1.165, 1.54) is 0 Å². The van der Waals surface area contributed by atoms with Crippen LogP contribution in [-0.2, 0) is 4.79 Å². The van der Waals surface area contributed by atoms with Gasteiger partial charge in [0.1, 0.15) is 11.8 Å². The Bertz CT molecular complexity index is 1260. The standard InChI is InChI=1S/C22H21N5O4/c28-19(13-30-15-6-2-1-3-7-15)27-11-5-4-8-18(27)21-25-20(26-31-21)14-9-10-16-17(12-14)24-22(29)23-16/h1-3,6-7,9-10,12,18H,4-5,8,11,13H2,(H2,23,24,29)/t18-/m1/s1. The predicted molar refractivity (Wildman–Crippen MR) is 112 cm³/mol. The van der Waals surface area contributed by atoms with E-state index in [9.17, 15) is 9.59 Å². The Morgan fingerprint density at radius 2 is 1.97 bits per heavy atom. The number of ether oxygens (including phenoxy) is 1. The molecule has 158 valence electrons. The molecule has 0 radical (unpaired) electrons. The Kier molecular flexibility index (Phi) is 4.99. The van der Waals surface area contributed by atoms with Gasteiger partial charge in [0.2, 0.25) is 11.7 Å². The number of piperidine rings is 1. The molecule has 0 spiro atoms. The first-order valence-electron chi connectivity index (χ1n) is 10.2. The van der Waals surface area contributed by atoms with E-state index in [0.717, 1.165) is 24.8 Å². The average molecular weight is 419 g/mol. The Hall–Kier alpha value is -3.88. The van der Waals surface area contributed by atoms with E-state index in [4.69, 9.17) is 9.26 Å². The van der Waals surface area contributed by atoms with Gasteiger partial charge in [-0.15, -0.1) is 0 Å². The largest absolute Gasteiger partial charge is 0.484 e. The molecule has 0 bridgehead atoms. The minimum atomic E-state index is -0.280. The molecule has 1 atom stereocenters. The molecule has 0 aliphatic carbocycles. The number of fused-ring (bicyclic) bond motifs is 1. The molecular weight excluding hydrogens is 398 g/mol. The van der Waals surface area contributed by atoms with Crippen molar-refractivity contribution in [3.8, 4) is 17.1 Å². The molecule has 2 N–H and O–H groups in total. The molecule has 1 fully saturated rings. The summed E-state index contributed by atoms with van der Waals surface area (Å²) < 4.78 is 11.2. The number of imidazole rings is 1. The second-order valence-electron chi connectivity index (χ2n) is 7.50. The van der Waals surface area contributed by atoms with Crippen molar-refractivity contribution < 1.29 is 14.1 Å². The summed E-state index contributed by atoms with van der Waals surface area (Å²) >= 11 is 0. The summed E-state index contributed by atoms with van der Waals surface area (Å²) in [7, 11) is 0. The van der Waals surface area contributed by atoms with Crippen molar-refractivity contribution in [1.82, 2.24) is 25.0 Å². The molecule has 0 unspecified atom stereocenters. The Balaban J connectivity index is 1.34. The lowest BCUT2D eigenvalue weighted by Crippen LogP contribution is -2.41. The van der Waals surface area contributed by atoms with Gasteiger partial charge in [-0.1, -0.05) is 23.4 Å². The lowest BCUT2D eigenvalue weighted by Gasteiger charge is -2.33. The van der Waals surface area contributed by atoms with Gasteiger partial charge in [-0.25, -0.2) is 4.79 Å². The third-order valence-corrected chi connectivity index (χ3v) is 5.43. The topological polar surface area (TPSA) is 117 Å². The van der Waals surface area contributed by atoms with Crippen molar-refractivity contribution in [2.75, 3.05) is 13.2 Å². The summed E-state index contributed by atoms with van der Waals surface area (Å²) in [5, 5.41) is 4.11. The molecule has 1 aliphatic rings. The quantitative estimate of drug-likeness (QED) is 0.513. The molecular formula is C22H21N5O4. The number of nitrogens with one attached hydrogen (secondary N) is 2. The number of carbonyl (C=O) groups excluding carboxylic acids is 1. The van der Waals surface area contributed by atoms with Crippen LogP contribution >= 0.6 is 0 Å². The van der Waals surface area contributed by atoms with Crippen LogP contribution in [0, 0.1) is 0 Å². The van der Waals surface area contributed by atoms with Crippen molar-refractivity contribution >= 4 is 16.9 Å². The summed E-state index contributed by atoms with van der Waals surface area (Å²) in [4.78, 5) is 36.1. The first-order valence-corrected chi connectivity index (χ1v) is 10.2. The number of hydrogen-bond acceptors (Lipinski definition) is 6. The van der Waals surface area contributed by atoms with Gasteiger partial charge in [-0.3, -0.25) is 4.79 Å². The fraction of sp³-hybridized carbons (Fsp3) is 0.273. The minimum absolute atomic E-state index is 0.0426. The van der Waals surface area contributed by atoms with E-state index in [2.05, 4.69) is 20.1 Å². The van der Waals surface area contributed by atoms with Crippen LogP contribution in [0.25, 0.3) is 22.4 Å². The summed E-state index contributed by atoms with van der Waals surface area (Å²) in [5.41, 5.74) is 1.83. The fourth-order valence-electron chi connectivity index (χ4n) is 3.89. The Labute approximate surface area is 177 Å². The molecule has 4 aromatic rings. The normalized spacial score (nSPS) is 16.5. The number of likely N-dealkylation sites (tertiary alicyclic amines) is 1. The number of H-pyrrole nitrogens is 2. The highest BCUT2D eigenvalue weighted by atomic mass is 16.5. The number of aromatic nitrogens is 4. The van der Waals surface area contributed by atoms with Gasteiger partial charge in [-0.05, 0) is 49.6 Å². The van der Waals surface area contributed by atoms with Crippen LogP contribution in [0.2, 0.25) is 0 Å². The number of nitrogens with zero attached hydrogens (tertiary/aromatic N) is 3. The van der Waals surface area contributed by atoms with Gasteiger partial charge < -0.3 is 24.1 Å². The van der Waals surface area contributed by atoms with E-state index in [0.29, 0.717) is 35.0 Å². The molecule has 1 saturated heterocycles. The highest BCUT2D eigenvalue weighted by Gasteiger charge is 2.32. The van der Waals surface area contributed by atoms with Crippen LogP contribution in [0.3, 0.4) is 0 Å². The van der Waals surface area contributed by atoms with Crippen molar-refractivity contribution in [3.63, 3.8) is 0 Å². The smallest absolute Gasteiger partial charge is 0.323 e. The first-order chi connectivity index (χ1) is 15.2. The summed E-state index contributed by atoms with van der Waals surface area (Å²) in [6, 6.07) is 14.4. The highest BCUT2D eigenvalue weighted by Crippen LogP contribution is 2.31. The molecule has 0 saturated carbocycles. The predicted octanol–water partition coefficient (Wildman–Crippen LogP) is 3.04. The molecule has 2 aromatic carbocycles. The van der Waals surface area contributed by atoms with Gasteiger partial charge in [0.15, 0.2) is 6.61 Å². The molecule has 1 aliphatic heterocycles. The van der Waals surface area contributed by atoms with Crippen LogP contribution in [0.4, 0.5) is 0 Å². The maximum absolute atomic E-state index is 12.9. The van der Waals surface area contributed by atoms with Crippen molar-refractivity contribution in [2.45, 2.75) is 25.3 Å². The third-order valence-electron chi connectivity index (χ3n) is 5.43. The molecule has 9 heteroatoms. The zero-order valence-corrected chi connectivity index (χ0v) is 16.7. The van der Waals surface area contributed by atoms with E-state index < -0.39 is 0 Å². The van der Waals surface area contributed by atoms with E-state index >= 15 is 0 Å². The maximum Gasteiger partial charge on any atom is 0.323 e. The number of benzene rings is 2. The number of para-hydroxylation sites is 1.